The van der Waals surface area contributed by atoms with Crippen molar-refractivity contribution in [2.75, 3.05) is 45.8 Å². The molecule has 7 heteroatoms. The van der Waals surface area contributed by atoms with Gasteiger partial charge in [-0.1, -0.05) is 0 Å². The summed E-state index contributed by atoms with van der Waals surface area (Å²) in [6.07, 6.45) is 2.60. The Morgan fingerprint density at radius 3 is 2.25 bits per heavy atom. The maximum atomic E-state index is 11.9. The lowest BCUT2D eigenvalue weighted by atomic mass is 10.3. The Morgan fingerprint density at radius 1 is 1.10 bits per heavy atom. The molecule has 2 aliphatic rings. The van der Waals surface area contributed by atoms with E-state index >= 15 is 0 Å². The van der Waals surface area contributed by atoms with Gasteiger partial charge in [-0.3, -0.25) is 4.79 Å². The molecule has 0 radical (unpaired) electrons. The van der Waals surface area contributed by atoms with Gasteiger partial charge in [-0.2, -0.15) is 0 Å². The summed E-state index contributed by atoms with van der Waals surface area (Å²) in [5.41, 5.74) is 0. The first-order valence-electron chi connectivity index (χ1n) is 7.22. The fraction of sp³-hybridized carbons (Fsp3) is 0.846. The van der Waals surface area contributed by atoms with Gasteiger partial charge in [0.1, 0.15) is 0 Å². The van der Waals surface area contributed by atoms with Crippen LogP contribution >= 0.6 is 12.4 Å². The van der Waals surface area contributed by atoms with Gasteiger partial charge in [0, 0.05) is 32.7 Å². The number of rotatable bonds is 5. The van der Waals surface area contributed by atoms with E-state index in [1.807, 2.05) is 11.8 Å². The van der Waals surface area contributed by atoms with E-state index < -0.39 is 0 Å². The molecule has 1 saturated heterocycles. The first-order valence-corrected chi connectivity index (χ1v) is 7.22. The highest BCUT2D eigenvalue weighted by molar-refractivity contribution is 5.85. The van der Waals surface area contributed by atoms with Gasteiger partial charge in [0.25, 0.3) is 0 Å². The normalized spacial score (nSPS) is 18.4. The minimum absolute atomic E-state index is 0. The van der Waals surface area contributed by atoms with Gasteiger partial charge in [-0.05, 0) is 32.2 Å². The maximum Gasteiger partial charge on any atom is 0.317 e. The van der Waals surface area contributed by atoms with Crippen LogP contribution in [0.3, 0.4) is 0 Å². The predicted molar refractivity (Wildman–Crippen MR) is 80.1 cm³/mol. The number of amides is 3. The molecular weight excluding hydrogens is 280 g/mol. The highest BCUT2D eigenvalue weighted by Gasteiger charge is 2.24. The molecule has 0 spiro atoms. The standard InChI is InChI=1S/C13H24N4O2.ClH/c1-2-15-13(19)17-7-5-16(6-8-17)12(18)10-14-9-11-3-4-11;/h11,14H,2-10H2,1H3,(H,15,19);1H. The van der Waals surface area contributed by atoms with Crippen LogP contribution in [-0.4, -0.2) is 67.6 Å². The van der Waals surface area contributed by atoms with E-state index in [2.05, 4.69) is 10.6 Å². The van der Waals surface area contributed by atoms with Crippen LogP contribution in [0.1, 0.15) is 19.8 Å². The predicted octanol–water partition coefficient (Wildman–Crippen LogP) is 0.282. The molecular formula is C13H25ClN4O2. The molecule has 2 rings (SSSR count). The second kappa shape index (κ2) is 8.32. The monoisotopic (exact) mass is 304 g/mol. The zero-order chi connectivity index (χ0) is 13.7. The zero-order valence-corrected chi connectivity index (χ0v) is 12.9. The number of hydrogen-bond donors (Lipinski definition) is 2. The third kappa shape index (κ3) is 5.17. The van der Waals surface area contributed by atoms with E-state index in [-0.39, 0.29) is 24.3 Å². The van der Waals surface area contributed by atoms with E-state index in [4.69, 9.17) is 0 Å². The van der Waals surface area contributed by atoms with Crippen molar-refractivity contribution in [2.24, 2.45) is 5.92 Å². The first kappa shape index (κ1) is 17.0. The first-order chi connectivity index (χ1) is 9.20. The molecule has 0 unspecified atom stereocenters. The van der Waals surface area contributed by atoms with Crippen molar-refractivity contribution in [2.45, 2.75) is 19.8 Å². The van der Waals surface area contributed by atoms with Crippen LogP contribution in [0.5, 0.6) is 0 Å². The summed E-state index contributed by atoms with van der Waals surface area (Å²) in [6.45, 7) is 6.47. The fourth-order valence-electron chi connectivity index (χ4n) is 2.24. The molecule has 20 heavy (non-hydrogen) atoms. The van der Waals surface area contributed by atoms with Crippen molar-refractivity contribution in [3.63, 3.8) is 0 Å². The van der Waals surface area contributed by atoms with Gasteiger partial charge in [-0.25, -0.2) is 4.79 Å². The summed E-state index contributed by atoms with van der Waals surface area (Å²) in [5.74, 6) is 0.943. The highest BCUT2D eigenvalue weighted by Crippen LogP contribution is 2.27. The molecule has 1 aliphatic carbocycles. The lowest BCUT2D eigenvalue weighted by Gasteiger charge is -2.34. The van der Waals surface area contributed by atoms with Gasteiger partial charge < -0.3 is 20.4 Å². The van der Waals surface area contributed by atoms with Gasteiger partial charge in [0.2, 0.25) is 5.91 Å². The minimum atomic E-state index is -0.0264. The quantitative estimate of drug-likeness (QED) is 0.767. The Bertz CT molecular complexity index is 328. The molecule has 0 aromatic heterocycles. The SMILES string of the molecule is CCNC(=O)N1CCN(C(=O)CNCC2CC2)CC1.Cl. The van der Waals surface area contributed by atoms with Gasteiger partial charge in [0.15, 0.2) is 0 Å². The van der Waals surface area contributed by atoms with Crippen LogP contribution in [0.25, 0.3) is 0 Å². The highest BCUT2D eigenvalue weighted by atomic mass is 35.5. The maximum absolute atomic E-state index is 11.9. The summed E-state index contributed by atoms with van der Waals surface area (Å²) in [5, 5.41) is 6.00. The van der Waals surface area contributed by atoms with Gasteiger partial charge >= 0.3 is 6.03 Å². The Kier molecular flexibility index (Phi) is 7.09. The van der Waals surface area contributed by atoms with Crippen LogP contribution in [0, 0.1) is 5.92 Å². The van der Waals surface area contributed by atoms with Crippen LogP contribution in [0.15, 0.2) is 0 Å². The fourth-order valence-corrected chi connectivity index (χ4v) is 2.24. The van der Waals surface area contributed by atoms with Crippen LogP contribution in [-0.2, 0) is 4.79 Å². The summed E-state index contributed by atoms with van der Waals surface area (Å²) in [6, 6.07) is -0.0264. The van der Waals surface area contributed by atoms with Crippen molar-refractivity contribution >= 4 is 24.3 Å². The van der Waals surface area contributed by atoms with Crippen molar-refractivity contribution < 1.29 is 9.59 Å². The molecule has 2 N–H and O–H groups in total. The van der Waals surface area contributed by atoms with E-state index in [1.54, 1.807) is 4.90 Å². The average molecular weight is 305 g/mol. The lowest BCUT2D eigenvalue weighted by Crippen LogP contribution is -2.54. The summed E-state index contributed by atoms with van der Waals surface area (Å²) >= 11 is 0. The molecule has 0 aromatic carbocycles. The number of carbonyl (C=O) groups is 2. The molecule has 1 saturated carbocycles. The van der Waals surface area contributed by atoms with E-state index in [0.717, 1.165) is 12.5 Å². The second-order valence-corrected chi connectivity index (χ2v) is 5.28. The van der Waals surface area contributed by atoms with Crippen molar-refractivity contribution in [1.29, 1.82) is 0 Å². The third-order valence-corrected chi connectivity index (χ3v) is 3.65. The second-order valence-electron chi connectivity index (χ2n) is 5.28. The molecule has 6 nitrogen and oxygen atoms in total. The van der Waals surface area contributed by atoms with Gasteiger partial charge in [-0.15, -0.1) is 12.4 Å². The topological polar surface area (TPSA) is 64.7 Å². The minimum Gasteiger partial charge on any atom is -0.338 e. The summed E-state index contributed by atoms with van der Waals surface area (Å²) in [4.78, 5) is 27.2. The molecule has 0 atom stereocenters. The molecule has 1 heterocycles. The molecule has 0 bridgehead atoms. The number of hydrogen-bond acceptors (Lipinski definition) is 3. The number of carbonyl (C=O) groups excluding carboxylic acids is 2. The van der Waals surface area contributed by atoms with Crippen molar-refractivity contribution in [3.05, 3.63) is 0 Å². The number of halogens is 1. The molecule has 2 fully saturated rings. The molecule has 1 aliphatic heterocycles. The smallest absolute Gasteiger partial charge is 0.317 e. The average Bonchev–Trinajstić information content (AvgIpc) is 3.23. The van der Waals surface area contributed by atoms with Crippen molar-refractivity contribution in [3.8, 4) is 0 Å². The number of piperazine rings is 1. The molecule has 3 amide bonds. The number of nitrogens with one attached hydrogen (secondary N) is 2. The van der Waals surface area contributed by atoms with Crippen molar-refractivity contribution in [1.82, 2.24) is 20.4 Å². The summed E-state index contributed by atoms with van der Waals surface area (Å²) < 4.78 is 0. The van der Waals surface area contributed by atoms with E-state index in [0.29, 0.717) is 39.3 Å². The number of urea groups is 1. The molecule has 0 aromatic rings. The van der Waals surface area contributed by atoms with Gasteiger partial charge in [0.05, 0.1) is 6.54 Å². The number of nitrogens with zero attached hydrogens (tertiary/aromatic N) is 2. The summed E-state index contributed by atoms with van der Waals surface area (Å²) in [7, 11) is 0. The Balaban J connectivity index is 0.00000200. The zero-order valence-electron chi connectivity index (χ0n) is 12.1. The Hall–Kier alpha value is -1.01. The third-order valence-electron chi connectivity index (χ3n) is 3.65. The largest absolute Gasteiger partial charge is 0.338 e. The van der Waals surface area contributed by atoms with E-state index in [1.165, 1.54) is 12.8 Å². The van der Waals surface area contributed by atoms with E-state index in [9.17, 15) is 9.59 Å². The Morgan fingerprint density at radius 2 is 1.70 bits per heavy atom. The van der Waals surface area contributed by atoms with Crippen LogP contribution in [0.2, 0.25) is 0 Å². The lowest BCUT2D eigenvalue weighted by molar-refractivity contribution is -0.131. The Labute approximate surface area is 126 Å². The van der Waals surface area contributed by atoms with Crippen LogP contribution < -0.4 is 10.6 Å². The van der Waals surface area contributed by atoms with Crippen LogP contribution in [0.4, 0.5) is 4.79 Å². The molecule has 116 valence electrons.